The van der Waals surface area contributed by atoms with Crippen molar-refractivity contribution in [1.29, 1.82) is 0 Å². The molecule has 0 aliphatic carbocycles. The van der Waals surface area contributed by atoms with Crippen LogP contribution in [0, 0.1) is 0 Å². The molecule has 0 amide bonds. The Labute approximate surface area is 77.5 Å². The Bertz CT molecular complexity index is 96.9. The molecule has 0 rings (SSSR count). The molecule has 0 aromatic rings. The van der Waals surface area contributed by atoms with Crippen LogP contribution in [0.2, 0.25) is 0 Å². The molecule has 0 bridgehead atoms. The van der Waals surface area contributed by atoms with Crippen LogP contribution in [0.15, 0.2) is 0 Å². The van der Waals surface area contributed by atoms with Gasteiger partial charge in [-0.3, -0.25) is 4.79 Å². The average Bonchev–Trinajstić information content (AvgIpc) is 1.68. The van der Waals surface area contributed by atoms with Crippen molar-refractivity contribution >= 4 is 12.3 Å². The van der Waals surface area contributed by atoms with Crippen molar-refractivity contribution in [3.05, 3.63) is 0 Å². The molecule has 0 N–H and O–H groups in total. The Morgan fingerprint density at radius 1 is 1.78 bits per heavy atom. The quantitative estimate of drug-likeness (QED) is 0.185. The van der Waals surface area contributed by atoms with Gasteiger partial charge in [0.25, 0.3) is 0 Å². The summed E-state index contributed by atoms with van der Waals surface area (Å²) < 4.78 is 4.41. The molecule has 0 atom stereocenters. The van der Waals surface area contributed by atoms with Crippen LogP contribution in [0.25, 0.3) is 0 Å². The Morgan fingerprint density at radius 2 is 2.33 bits per heavy atom. The average molecular weight is 140 g/mol. The SMILES string of the molecule is CCOC(=O)CC=O.[H-].[Na+]. The second-order valence-corrected chi connectivity index (χ2v) is 1.18. The van der Waals surface area contributed by atoms with Gasteiger partial charge >= 0.3 is 35.5 Å². The van der Waals surface area contributed by atoms with E-state index in [0.717, 1.165) is 0 Å². The zero-order valence-electron chi connectivity index (χ0n) is 6.72. The first-order chi connectivity index (χ1) is 3.81. The summed E-state index contributed by atoms with van der Waals surface area (Å²) in [4.78, 5) is 19.8. The molecule has 0 saturated carbocycles. The molecule has 9 heavy (non-hydrogen) atoms. The fourth-order valence-corrected chi connectivity index (χ4v) is 0.288. The van der Waals surface area contributed by atoms with Gasteiger partial charge in [-0.15, -0.1) is 0 Å². The maximum Gasteiger partial charge on any atom is 1.00 e. The van der Waals surface area contributed by atoms with Crippen LogP contribution in [0.3, 0.4) is 0 Å². The molecule has 0 heterocycles. The number of hydrogen-bond donors (Lipinski definition) is 0. The third-order valence-electron chi connectivity index (χ3n) is 0.555. The fraction of sp³-hybridized carbons (Fsp3) is 0.600. The zero-order valence-corrected chi connectivity index (χ0v) is 7.72. The predicted molar refractivity (Wildman–Crippen MR) is 28.4 cm³/mol. The molecule has 0 saturated heterocycles. The van der Waals surface area contributed by atoms with Gasteiger partial charge in [-0.1, -0.05) is 0 Å². The standard InChI is InChI=1S/C5H8O3.Na.H/c1-2-8-5(7)3-4-6;;/h4H,2-3H2,1H3;;/q;+1;-1. The van der Waals surface area contributed by atoms with Crippen LogP contribution in [-0.4, -0.2) is 18.9 Å². The van der Waals surface area contributed by atoms with Crippen LogP contribution < -0.4 is 29.6 Å². The van der Waals surface area contributed by atoms with E-state index in [1.54, 1.807) is 6.92 Å². The first-order valence-corrected chi connectivity index (χ1v) is 2.40. The third-order valence-corrected chi connectivity index (χ3v) is 0.555. The summed E-state index contributed by atoms with van der Waals surface area (Å²) in [5.41, 5.74) is 0. The van der Waals surface area contributed by atoms with E-state index < -0.39 is 5.97 Å². The van der Waals surface area contributed by atoms with Gasteiger partial charge in [0.15, 0.2) is 0 Å². The van der Waals surface area contributed by atoms with Gasteiger partial charge in [0.1, 0.15) is 12.7 Å². The molecule has 0 aromatic carbocycles. The minimum atomic E-state index is -0.456. The van der Waals surface area contributed by atoms with E-state index in [9.17, 15) is 9.59 Å². The summed E-state index contributed by atoms with van der Waals surface area (Å²) in [6, 6.07) is 0. The van der Waals surface area contributed by atoms with Crippen molar-refractivity contribution in [1.82, 2.24) is 0 Å². The van der Waals surface area contributed by atoms with E-state index in [0.29, 0.717) is 12.9 Å². The van der Waals surface area contributed by atoms with E-state index in [-0.39, 0.29) is 37.4 Å². The minimum absolute atomic E-state index is 0. The number of hydrogen-bond acceptors (Lipinski definition) is 3. The number of esters is 1. The van der Waals surface area contributed by atoms with Crippen molar-refractivity contribution in [3.63, 3.8) is 0 Å². The van der Waals surface area contributed by atoms with Crippen LogP contribution >= 0.6 is 0 Å². The monoisotopic (exact) mass is 140 g/mol. The van der Waals surface area contributed by atoms with Crippen LogP contribution in [0.1, 0.15) is 14.8 Å². The predicted octanol–water partition coefficient (Wildman–Crippen LogP) is -2.74. The third kappa shape index (κ3) is 8.14. The van der Waals surface area contributed by atoms with Crippen LogP contribution in [0.4, 0.5) is 0 Å². The molecule has 0 unspecified atom stereocenters. The second-order valence-electron chi connectivity index (χ2n) is 1.18. The molecule has 4 heteroatoms. The number of ether oxygens (including phenoxy) is 1. The van der Waals surface area contributed by atoms with Crippen molar-refractivity contribution < 1.29 is 45.3 Å². The fourth-order valence-electron chi connectivity index (χ4n) is 0.288. The van der Waals surface area contributed by atoms with Gasteiger partial charge in [-0.25, -0.2) is 0 Å². The molecule has 0 fully saturated rings. The summed E-state index contributed by atoms with van der Waals surface area (Å²) in [5, 5.41) is 0. The maximum atomic E-state index is 10.2. The summed E-state index contributed by atoms with van der Waals surface area (Å²) in [6.07, 6.45) is 0.395. The Kier molecular flexibility index (Phi) is 10.7. The minimum Gasteiger partial charge on any atom is -1.00 e. The molecule has 0 aliphatic heterocycles. The Balaban J connectivity index is -0.000000245. The van der Waals surface area contributed by atoms with Gasteiger partial charge in [0.2, 0.25) is 0 Å². The zero-order chi connectivity index (χ0) is 6.41. The van der Waals surface area contributed by atoms with Gasteiger partial charge in [-0.05, 0) is 6.92 Å². The summed E-state index contributed by atoms with van der Waals surface area (Å²) in [6.45, 7) is 2.04. The van der Waals surface area contributed by atoms with Crippen molar-refractivity contribution in [2.75, 3.05) is 6.61 Å². The smallest absolute Gasteiger partial charge is 1.00 e. The van der Waals surface area contributed by atoms with E-state index in [2.05, 4.69) is 4.74 Å². The Hall–Kier alpha value is 0.140. The number of carbonyl (C=O) groups is 2. The van der Waals surface area contributed by atoms with E-state index in [4.69, 9.17) is 0 Å². The normalized spacial score (nSPS) is 7.22. The molecule has 0 aliphatic rings. The summed E-state index contributed by atoms with van der Waals surface area (Å²) in [5.74, 6) is -0.456. The number of carbonyl (C=O) groups excluding carboxylic acids is 2. The molecule has 0 radical (unpaired) electrons. The van der Waals surface area contributed by atoms with Crippen LogP contribution in [0.5, 0.6) is 0 Å². The summed E-state index contributed by atoms with van der Waals surface area (Å²) in [7, 11) is 0. The van der Waals surface area contributed by atoms with Crippen molar-refractivity contribution in [2.45, 2.75) is 13.3 Å². The topological polar surface area (TPSA) is 43.4 Å². The van der Waals surface area contributed by atoms with E-state index in [1.807, 2.05) is 0 Å². The molecule has 0 aromatic heterocycles. The van der Waals surface area contributed by atoms with E-state index >= 15 is 0 Å². The molecular formula is C5H9NaO3. The largest absolute Gasteiger partial charge is 1.00 e. The number of rotatable bonds is 3. The van der Waals surface area contributed by atoms with Crippen molar-refractivity contribution in [2.24, 2.45) is 0 Å². The van der Waals surface area contributed by atoms with Gasteiger partial charge in [0, 0.05) is 0 Å². The number of aldehydes is 1. The second kappa shape index (κ2) is 8.14. The Morgan fingerprint density at radius 3 is 2.67 bits per heavy atom. The summed E-state index contributed by atoms with van der Waals surface area (Å²) >= 11 is 0. The van der Waals surface area contributed by atoms with Gasteiger partial charge in [0.05, 0.1) is 6.61 Å². The van der Waals surface area contributed by atoms with Gasteiger partial charge in [-0.2, -0.15) is 0 Å². The first kappa shape index (κ1) is 11.9. The molecule has 48 valence electrons. The first-order valence-electron chi connectivity index (χ1n) is 2.40. The maximum absolute atomic E-state index is 10.2. The van der Waals surface area contributed by atoms with Crippen molar-refractivity contribution in [3.8, 4) is 0 Å². The molecular weight excluding hydrogens is 131 g/mol. The van der Waals surface area contributed by atoms with E-state index in [1.165, 1.54) is 0 Å². The molecule has 3 nitrogen and oxygen atoms in total. The van der Waals surface area contributed by atoms with Crippen LogP contribution in [-0.2, 0) is 14.3 Å². The van der Waals surface area contributed by atoms with Gasteiger partial charge < -0.3 is 11.0 Å². The molecule has 0 spiro atoms.